The number of halogens is 1. The average molecular weight is 283 g/mol. The molecule has 19 heavy (non-hydrogen) atoms. The fourth-order valence-corrected chi connectivity index (χ4v) is 2.22. The SMILES string of the molecule is CCOc1cccc(B2OC(C)(C)C(C)(C)O2)c1Cl. The number of benzene rings is 1. The fourth-order valence-electron chi connectivity index (χ4n) is 1.95. The summed E-state index contributed by atoms with van der Waals surface area (Å²) in [7, 11) is -0.460. The molecule has 1 aromatic rings. The summed E-state index contributed by atoms with van der Waals surface area (Å²) in [4.78, 5) is 0. The molecule has 1 saturated heterocycles. The Morgan fingerprint density at radius 2 is 1.74 bits per heavy atom. The van der Waals surface area contributed by atoms with Gasteiger partial charge in [0.05, 0.1) is 22.8 Å². The quantitative estimate of drug-likeness (QED) is 0.798. The Morgan fingerprint density at radius 3 is 2.26 bits per heavy atom. The highest BCUT2D eigenvalue weighted by Gasteiger charge is 2.52. The van der Waals surface area contributed by atoms with Gasteiger partial charge in [-0.25, -0.2) is 0 Å². The summed E-state index contributed by atoms with van der Waals surface area (Å²) >= 11 is 6.37. The van der Waals surface area contributed by atoms with Crippen molar-refractivity contribution in [3.8, 4) is 5.75 Å². The smallest absolute Gasteiger partial charge is 0.492 e. The highest BCUT2D eigenvalue weighted by molar-refractivity contribution is 6.66. The van der Waals surface area contributed by atoms with Crippen molar-refractivity contribution in [1.82, 2.24) is 0 Å². The van der Waals surface area contributed by atoms with E-state index in [1.165, 1.54) is 0 Å². The lowest BCUT2D eigenvalue weighted by Gasteiger charge is -2.32. The van der Waals surface area contributed by atoms with Gasteiger partial charge in [0.15, 0.2) is 0 Å². The predicted molar refractivity (Wildman–Crippen MR) is 78.3 cm³/mol. The Labute approximate surface area is 120 Å². The minimum absolute atomic E-state index is 0.372. The van der Waals surface area contributed by atoms with Crippen LogP contribution in [0.15, 0.2) is 18.2 Å². The Morgan fingerprint density at radius 1 is 1.16 bits per heavy atom. The summed E-state index contributed by atoms with van der Waals surface area (Å²) in [5, 5.41) is 0.558. The van der Waals surface area contributed by atoms with Gasteiger partial charge < -0.3 is 14.0 Å². The van der Waals surface area contributed by atoms with Crippen molar-refractivity contribution in [2.24, 2.45) is 0 Å². The maximum atomic E-state index is 6.37. The molecule has 0 aromatic heterocycles. The Kier molecular flexibility index (Phi) is 3.87. The van der Waals surface area contributed by atoms with Crippen molar-refractivity contribution in [2.45, 2.75) is 45.8 Å². The van der Waals surface area contributed by atoms with Gasteiger partial charge in [0.25, 0.3) is 0 Å². The molecule has 0 amide bonds. The molecule has 5 heteroatoms. The van der Waals surface area contributed by atoms with E-state index in [2.05, 4.69) is 0 Å². The van der Waals surface area contributed by atoms with E-state index >= 15 is 0 Å². The van der Waals surface area contributed by atoms with Crippen LogP contribution in [0, 0.1) is 0 Å². The molecule has 3 nitrogen and oxygen atoms in total. The van der Waals surface area contributed by atoms with Crippen LogP contribution >= 0.6 is 11.6 Å². The van der Waals surface area contributed by atoms with Gasteiger partial charge in [-0.3, -0.25) is 0 Å². The summed E-state index contributed by atoms with van der Waals surface area (Å²) in [6, 6.07) is 5.66. The third-order valence-electron chi connectivity index (χ3n) is 3.80. The zero-order valence-corrected chi connectivity index (χ0v) is 12.9. The summed E-state index contributed by atoms with van der Waals surface area (Å²) in [6.45, 7) is 10.6. The lowest BCUT2D eigenvalue weighted by molar-refractivity contribution is 0.00578. The van der Waals surface area contributed by atoms with Crippen molar-refractivity contribution >= 4 is 24.2 Å². The average Bonchev–Trinajstić information content (AvgIpc) is 2.51. The second-order valence-corrected chi connectivity index (χ2v) is 6.06. The molecule has 0 saturated carbocycles. The molecule has 0 unspecified atom stereocenters. The van der Waals surface area contributed by atoms with E-state index in [0.29, 0.717) is 17.4 Å². The van der Waals surface area contributed by atoms with Gasteiger partial charge in [0.2, 0.25) is 0 Å². The molecule has 0 atom stereocenters. The van der Waals surface area contributed by atoms with Crippen molar-refractivity contribution in [1.29, 1.82) is 0 Å². The van der Waals surface area contributed by atoms with Crippen LogP contribution in [-0.4, -0.2) is 24.9 Å². The van der Waals surface area contributed by atoms with Crippen LogP contribution in [0.1, 0.15) is 34.6 Å². The molecule has 0 spiro atoms. The van der Waals surface area contributed by atoms with Gasteiger partial charge in [-0.05, 0) is 40.7 Å². The van der Waals surface area contributed by atoms with Gasteiger partial charge in [-0.2, -0.15) is 0 Å². The van der Waals surface area contributed by atoms with Crippen LogP contribution in [0.4, 0.5) is 0 Å². The first kappa shape index (κ1) is 14.7. The van der Waals surface area contributed by atoms with Crippen LogP contribution in [-0.2, 0) is 9.31 Å². The van der Waals surface area contributed by atoms with E-state index in [1.807, 2.05) is 52.8 Å². The highest BCUT2D eigenvalue weighted by Crippen LogP contribution is 2.37. The largest absolute Gasteiger partial charge is 0.496 e. The molecule has 1 heterocycles. The molecule has 0 aliphatic carbocycles. The monoisotopic (exact) mass is 282 g/mol. The Bertz CT molecular complexity index is 458. The van der Waals surface area contributed by atoms with Crippen molar-refractivity contribution < 1.29 is 14.0 Å². The first-order valence-electron chi connectivity index (χ1n) is 6.55. The Balaban J connectivity index is 2.32. The predicted octanol–water partition coefficient (Wildman–Crippen LogP) is 3.04. The minimum Gasteiger partial charge on any atom is -0.492 e. The standard InChI is InChI=1S/C14H20BClO3/c1-6-17-11-9-7-8-10(12(11)16)15-18-13(2,3)14(4,5)19-15/h7-9H,6H2,1-5H3. The van der Waals surface area contributed by atoms with Crippen molar-refractivity contribution in [3.63, 3.8) is 0 Å². The van der Waals surface area contributed by atoms with Gasteiger partial charge >= 0.3 is 7.12 Å². The molecule has 104 valence electrons. The van der Waals surface area contributed by atoms with Crippen LogP contribution < -0.4 is 10.2 Å². The topological polar surface area (TPSA) is 27.7 Å². The van der Waals surface area contributed by atoms with Crippen LogP contribution in [0.2, 0.25) is 5.02 Å². The molecule has 2 rings (SSSR count). The van der Waals surface area contributed by atoms with Gasteiger partial charge in [-0.15, -0.1) is 0 Å². The van der Waals surface area contributed by atoms with Crippen molar-refractivity contribution in [3.05, 3.63) is 23.2 Å². The van der Waals surface area contributed by atoms with Crippen LogP contribution in [0.25, 0.3) is 0 Å². The van der Waals surface area contributed by atoms with E-state index in [9.17, 15) is 0 Å². The maximum absolute atomic E-state index is 6.37. The molecule has 1 aromatic carbocycles. The molecule has 0 radical (unpaired) electrons. The van der Waals surface area contributed by atoms with E-state index in [1.54, 1.807) is 0 Å². The third kappa shape index (κ3) is 2.62. The molecular formula is C14H20BClO3. The fraction of sp³-hybridized carbons (Fsp3) is 0.571. The third-order valence-corrected chi connectivity index (χ3v) is 4.20. The van der Waals surface area contributed by atoms with Crippen LogP contribution in [0.3, 0.4) is 0 Å². The summed E-state index contributed by atoms with van der Waals surface area (Å²) < 4.78 is 17.5. The van der Waals surface area contributed by atoms with Gasteiger partial charge in [0.1, 0.15) is 5.75 Å². The van der Waals surface area contributed by atoms with Gasteiger partial charge in [0, 0.05) is 5.46 Å². The summed E-state index contributed by atoms with van der Waals surface area (Å²) in [5.74, 6) is 0.663. The number of ether oxygens (including phenoxy) is 1. The summed E-state index contributed by atoms with van der Waals surface area (Å²) in [5.41, 5.74) is 0.0665. The van der Waals surface area contributed by atoms with E-state index in [-0.39, 0.29) is 11.2 Å². The number of hydrogen-bond donors (Lipinski definition) is 0. The molecule has 0 bridgehead atoms. The molecular weight excluding hydrogens is 262 g/mol. The first-order valence-corrected chi connectivity index (χ1v) is 6.93. The number of rotatable bonds is 3. The Hall–Kier alpha value is -0.705. The summed E-state index contributed by atoms with van der Waals surface area (Å²) in [6.07, 6.45) is 0. The second kappa shape index (κ2) is 5.00. The van der Waals surface area contributed by atoms with Crippen LogP contribution in [0.5, 0.6) is 5.75 Å². The first-order chi connectivity index (χ1) is 8.78. The van der Waals surface area contributed by atoms with Gasteiger partial charge in [-0.1, -0.05) is 23.7 Å². The molecule has 1 aliphatic rings. The second-order valence-electron chi connectivity index (χ2n) is 5.68. The van der Waals surface area contributed by atoms with E-state index in [0.717, 1.165) is 5.46 Å². The normalized spacial score (nSPS) is 20.6. The zero-order chi connectivity index (χ0) is 14.3. The van der Waals surface area contributed by atoms with E-state index < -0.39 is 7.12 Å². The number of hydrogen-bond acceptors (Lipinski definition) is 3. The zero-order valence-electron chi connectivity index (χ0n) is 12.1. The lowest BCUT2D eigenvalue weighted by Crippen LogP contribution is -2.41. The molecule has 0 N–H and O–H groups in total. The highest BCUT2D eigenvalue weighted by atomic mass is 35.5. The molecule has 1 aliphatic heterocycles. The van der Waals surface area contributed by atoms with E-state index in [4.69, 9.17) is 25.6 Å². The minimum atomic E-state index is -0.460. The molecule has 1 fully saturated rings. The van der Waals surface area contributed by atoms with Crippen molar-refractivity contribution in [2.75, 3.05) is 6.61 Å². The lowest BCUT2D eigenvalue weighted by atomic mass is 9.79. The maximum Gasteiger partial charge on any atom is 0.496 e.